The topological polar surface area (TPSA) is 555 Å². The molecule has 0 aliphatic carbocycles. The minimum Gasteiger partial charge on any atom is -0.744 e. The summed E-state index contributed by atoms with van der Waals surface area (Å²) in [5, 5.41) is 125. The number of carboxylic acid groups (broad SMARTS) is 11. The molecule has 3 aromatic carbocycles. The summed E-state index contributed by atoms with van der Waals surface area (Å²) in [7, 11) is -5.15. The third kappa shape index (κ3) is 34.4. The van der Waals surface area contributed by atoms with E-state index in [0.717, 1.165) is 78.8 Å². The van der Waals surface area contributed by atoms with Crippen molar-refractivity contribution in [3.63, 3.8) is 0 Å². The van der Waals surface area contributed by atoms with Crippen LogP contribution < -0.4 is 75.1 Å². The van der Waals surface area contributed by atoms with E-state index in [1.165, 1.54) is 23.8 Å². The first kappa shape index (κ1) is 80.8. The predicted octanol–water partition coefficient (Wildman–Crippen LogP) is -14.5. The molecule has 2 unspecified atom stereocenters. The van der Waals surface area contributed by atoms with Crippen molar-refractivity contribution in [3.8, 4) is 23.0 Å². The molecule has 0 fully saturated rings. The highest BCUT2D eigenvalue weighted by atomic mass is 32.2. The molecule has 35 nitrogen and oxygen atoms in total. The molecular weight excluding hydrogens is 1280 g/mol. The molecule has 3 aromatic rings. The van der Waals surface area contributed by atoms with E-state index in [0.29, 0.717) is 6.42 Å². The summed E-state index contributed by atoms with van der Waals surface area (Å²) in [5.74, 6) is -19.1. The van der Waals surface area contributed by atoms with Crippen molar-refractivity contribution in [1.82, 2.24) is 29.4 Å². The first-order valence-electron chi connectivity index (χ1n) is 28.6. The van der Waals surface area contributed by atoms with E-state index < -0.39 is 196 Å². The Hall–Kier alpha value is -9.30. The summed E-state index contributed by atoms with van der Waals surface area (Å²) < 4.78 is 58.2. The molecule has 0 aliphatic rings. The highest BCUT2D eigenvalue weighted by Gasteiger charge is 2.27. The molecule has 94 heavy (non-hydrogen) atoms. The fourth-order valence-electron chi connectivity index (χ4n) is 8.83. The summed E-state index contributed by atoms with van der Waals surface area (Å²) in [4.78, 5) is 129. The fraction of sp³-hybridized carbons (Fsp3) is 0.500. The van der Waals surface area contributed by atoms with Crippen LogP contribution in [-0.2, 0) is 71.1 Å². The summed E-state index contributed by atoms with van der Waals surface area (Å²) in [6.07, 6.45) is 4.46. The average molecular weight is 1350 g/mol. The van der Waals surface area contributed by atoms with Crippen molar-refractivity contribution in [1.29, 1.82) is 0 Å². The highest BCUT2D eigenvalue weighted by Crippen LogP contribution is 2.30. The molecule has 522 valence electrons. The van der Waals surface area contributed by atoms with Crippen LogP contribution in [0.1, 0.15) is 61.0 Å². The number of hydrogen-bond donors (Lipinski definition) is 0. The maximum Gasteiger partial charge on any atom is 0.137 e. The highest BCUT2D eigenvalue weighted by molar-refractivity contribution is 7.85. The van der Waals surface area contributed by atoms with Gasteiger partial charge in [0.25, 0.3) is 0 Å². The molecule has 36 heteroatoms. The molecular formula is C58H68N6O29S-12. The molecule has 2 atom stereocenters. The van der Waals surface area contributed by atoms with Crippen molar-refractivity contribution in [3.05, 3.63) is 77.4 Å². The van der Waals surface area contributed by atoms with Crippen molar-refractivity contribution in [2.24, 2.45) is 0 Å². The lowest BCUT2D eigenvalue weighted by molar-refractivity contribution is -0.314. The first-order chi connectivity index (χ1) is 44.2. The van der Waals surface area contributed by atoms with Crippen LogP contribution in [0.25, 0.3) is 0 Å². The second kappa shape index (κ2) is 42.0. The summed E-state index contributed by atoms with van der Waals surface area (Å²) in [5.41, 5.74) is 1.53. The fourth-order valence-corrected chi connectivity index (χ4v) is 9.46. The molecule has 0 aliphatic heterocycles. The van der Waals surface area contributed by atoms with Crippen molar-refractivity contribution in [2.45, 2.75) is 69.5 Å². The number of rotatable bonds is 50. The SMILES string of the molecule is CCCCOc1ccc(OCC(CN(CCN(CC(=O)[O-])CC(=O)[O-])CC(=O)[O-])N(CC(=O)[O-])CC(=O)[O-])c(S(=O)(=O)[O-])c1.CCCCc1ccc(COc2ccc(OCC(CN(CCN(CC(=O)[O-])CC(=O)[O-])CC(=O)[O-])N(CC(=O)[O-])CC(=O)[O-])c(C(=O)[O-])c2)cc1. The zero-order chi connectivity index (χ0) is 70.7. The molecule has 0 N–H and O–H groups in total. The zero-order valence-corrected chi connectivity index (χ0v) is 51.9. The smallest absolute Gasteiger partial charge is 0.137 e. The van der Waals surface area contributed by atoms with Gasteiger partial charge in [-0.1, -0.05) is 51.0 Å². The van der Waals surface area contributed by atoms with Crippen LogP contribution in [-0.4, -0.2) is 245 Å². The van der Waals surface area contributed by atoms with Crippen LogP contribution in [0, 0.1) is 0 Å². The molecule has 3 rings (SSSR count). The number of carbonyl (C=O) groups excluding carboxylic acids is 11. The van der Waals surface area contributed by atoms with Crippen LogP contribution >= 0.6 is 0 Å². The summed E-state index contributed by atoms with van der Waals surface area (Å²) in [6.45, 7) is -8.72. The van der Waals surface area contributed by atoms with E-state index in [1.807, 2.05) is 31.2 Å². The van der Waals surface area contributed by atoms with Gasteiger partial charge in [-0.2, -0.15) is 0 Å². The lowest BCUT2D eigenvalue weighted by atomic mass is 10.1. The van der Waals surface area contributed by atoms with Gasteiger partial charge in [-0.05, 0) is 60.7 Å². The molecule has 0 radical (unpaired) electrons. The van der Waals surface area contributed by atoms with E-state index in [2.05, 4.69) is 6.92 Å². The molecule has 0 bridgehead atoms. The number of benzene rings is 3. The van der Waals surface area contributed by atoms with E-state index in [9.17, 15) is 122 Å². The number of carbonyl (C=O) groups is 11. The van der Waals surface area contributed by atoms with Gasteiger partial charge >= 0.3 is 0 Å². The van der Waals surface area contributed by atoms with E-state index in [4.69, 9.17) is 18.9 Å². The Kier molecular flexibility index (Phi) is 36.1. The normalized spacial score (nSPS) is 12.0. The molecule has 0 saturated carbocycles. The number of aromatic carboxylic acids is 1. The molecule has 0 heterocycles. The van der Waals surface area contributed by atoms with E-state index >= 15 is 0 Å². The molecule has 0 amide bonds. The van der Waals surface area contributed by atoms with Gasteiger partial charge in [-0.15, -0.1) is 0 Å². The molecule has 0 saturated heterocycles. The standard InChI is InChI=1S/C33H43N3O14.C25H37N3O15S/c1-2-3-4-22-5-7-23(8-6-22)20-49-25-9-10-27(26(13-25)33(47)48)50-21-24(36(18-31(43)44)19-32(45)46)14-34(15-28(37)38)11-12-35(16-29(39)40)17-30(41)42;1-2-3-8-42-18-4-5-19(20(9-18)44(39,40)41)43-16-17(28(14-24(35)36)15-25(37)38)10-26(11-21(29)30)6-7-27(12-22(31)32)13-23(33)34/h5-10,13,24H,2-4,11-12,14-21H2,1H3,(H,37,38)(H,39,40)(H,41,42)(H,43,44)(H,45,46)(H,47,48);4-5,9,17H,2-3,6-8,10-16H2,1H3,(H,29,30)(H,31,32)(H,33,34)(H,35,36)(H,37,38)(H,39,40,41)/p-12. The lowest BCUT2D eigenvalue weighted by Crippen LogP contribution is -2.56. The van der Waals surface area contributed by atoms with Crippen LogP contribution in [0.5, 0.6) is 23.0 Å². The van der Waals surface area contributed by atoms with Gasteiger partial charge in [-0.3, -0.25) is 29.4 Å². The van der Waals surface area contributed by atoms with Gasteiger partial charge in [0.2, 0.25) is 0 Å². The van der Waals surface area contributed by atoms with Crippen molar-refractivity contribution in [2.75, 3.05) is 125 Å². The zero-order valence-electron chi connectivity index (χ0n) is 51.0. The van der Waals surface area contributed by atoms with Gasteiger partial charge in [-0.25, -0.2) is 8.42 Å². The van der Waals surface area contributed by atoms with Crippen LogP contribution in [0.3, 0.4) is 0 Å². The van der Waals surface area contributed by atoms with E-state index in [-0.39, 0.29) is 56.6 Å². The number of unbranched alkanes of at least 4 members (excludes halogenated alkanes) is 2. The van der Waals surface area contributed by atoms with Gasteiger partial charge in [0.15, 0.2) is 0 Å². The molecule has 0 spiro atoms. The monoisotopic (exact) mass is 1340 g/mol. The Morgan fingerprint density at radius 1 is 0.415 bits per heavy atom. The Morgan fingerprint density at radius 3 is 1.14 bits per heavy atom. The summed E-state index contributed by atoms with van der Waals surface area (Å²) >= 11 is 0. The number of nitrogens with zero attached hydrogens (tertiary/aromatic N) is 6. The maximum atomic E-state index is 12.0. The third-order valence-corrected chi connectivity index (χ3v) is 14.0. The first-order valence-corrected chi connectivity index (χ1v) is 30.0. The number of ether oxygens (including phenoxy) is 4. The maximum absolute atomic E-state index is 12.0. The van der Waals surface area contributed by atoms with Crippen LogP contribution in [0.4, 0.5) is 0 Å². The number of aryl methyl sites for hydroxylation is 1. The van der Waals surface area contributed by atoms with Gasteiger partial charge in [0.05, 0.1) is 89.2 Å². The van der Waals surface area contributed by atoms with Crippen LogP contribution in [0.2, 0.25) is 0 Å². The average Bonchev–Trinajstić information content (AvgIpc) is 0.836. The van der Waals surface area contributed by atoms with Gasteiger partial charge in [0.1, 0.15) is 52.9 Å². The second-order valence-electron chi connectivity index (χ2n) is 20.8. The Bertz CT molecular complexity index is 3070. The number of hydrogen-bond acceptors (Lipinski definition) is 35. The number of aliphatic carboxylic acids is 10. The second-order valence-corrected chi connectivity index (χ2v) is 22.1. The minimum absolute atomic E-state index is 0.0325. The predicted molar refractivity (Wildman–Crippen MR) is 293 cm³/mol. The quantitative estimate of drug-likeness (QED) is 0.0374. The van der Waals surface area contributed by atoms with Crippen LogP contribution in [0.15, 0.2) is 65.6 Å². The van der Waals surface area contributed by atoms with Gasteiger partial charge < -0.3 is 132 Å². The van der Waals surface area contributed by atoms with E-state index in [1.54, 1.807) is 0 Å². The Balaban J connectivity index is 0.000000646. The minimum atomic E-state index is -5.15. The van der Waals surface area contributed by atoms with Crippen molar-refractivity contribution >= 4 is 75.8 Å². The summed E-state index contributed by atoms with van der Waals surface area (Å²) in [6, 6.07) is 12.1. The largest absolute Gasteiger partial charge is 0.744 e. The molecule has 0 aromatic heterocycles. The lowest BCUT2D eigenvalue weighted by Gasteiger charge is -2.37. The van der Waals surface area contributed by atoms with Crippen molar-refractivity contribution < 1.29 is 141 Å². The number of carboxylic acids is 11. The Labute approximate surface area is 538 Å². The Morgan fingerprint density at radius 2 is 0.766 bits per heavy atom. The third-order valence-electron chi connectivity index (χ3n) is 13.1. The van der Waals surface area contributed by atoms with Gasteiger partial charge in [0, 0.05) is 116 Å².